The summed E-state index contributed by atoms with van der Waals surface area (Å²) in [6.45, 7) is 4.07. The number of rotatable bonds is 7. The number of allylic oxidation sites excluding steroid dienone is 6. The minimum Gasteiger partial charge on any atom is -0.346 e. The van der Waals surface area contributed by atoms with Crippen LogP contribution in [0.1, 0.15) is 11.1 Å². The number of halogens is 1. The van der Waals surface area contributed by atoms with Gasteiger partial charge in [0.15, 0.2) is 0 Å². The highest BCUT2D eigenvalue weighted by Crippen LogP contribution is 2.35. The molecule has 0 saturated carbocycles. The maximum absolute atomic E-state index is 11.1. The summed E-state index contributed by atoms with van der Waals surface area (Å²) >= 11 is 6.20. The number of hydrogen-bond acceptors (Lipinski definition) is 3. The number of hydrogen-bond donors (Lipinski definition) is 1. The fourth-order valence-corrected chi connectivity index (χ4v) is 3.71. The van der Waals surface area contributed by atoms with Crippen LogP contribution in [0.5, 0.6) is 0 Å². The largest absolute Gasteiger partial charge is 0.346 e. The van der Waals surface area contributed by atoms with Crippen molar-refractivity contribution in [2.45, 2.75) is 6.42 Å². The summed E-state index contributed by atoms with van der Waals surface area (Å²) in [4.78, 5) is 1.79. The van der Waals surface area contributed by atoms with Crippen LogP contribution in [-0.2, 0) is 16.5 Å². The van der Waals surface area contributed by atoms with Crippen molar-refractivity contribution in [3.63, 3.8) is 0 Å². The highest BCUT2D eigenvalue weighted by Gasteiger charge is 2.18. The molecule has 0 saturated heterocycles. The monoisotopic (exact) mass is 427 g/mol. The Morgan fingerprint density at radius 1 is 1.17 bits per heavy atom. The summed E-state index contributed by atoms with van der Waals surface area (Å²) in [5.41, 5.74) is 4.97. The molecule has 2 aromatic rings. The summed E-state index contributed by atoms with van der Waals surface area (Å²) < 4.78 is 31.3. The van der Waals surface area contributed by atoms with Crippen LogP contribution < -0.4 is 4.90 Å². The van der Waals surface area contributed by atoms with Crippen molar-refractivity contribution in [1.29, 1.82) is 0 Å². The number of nitrogens with zero attached hydrogens (tertiary/aromatic N) is 1. The molecular weight excluding hydrogens is 406 g/mol. The number of anilines is 1. The van der Waals surface area contributed by atoms with Crippen LogP contribution >= 0.6 is 11.6 Å². The van der Waals surface area contributed by atoms with Crippen LogP contribution in [0, 0.1) is 0 Å². The van der Waals surface area contributed by atoms with E-state index in [2.05, 4.69) is 18.7 Å². The lowest BCUT2D eigenvalue weighted by Gasteiger charge is -2.27. The molecule has 2 aromatic carbocycles. The Hall–Kier alpha value is -2.60. The Balaban J connectivity index is 1.89. The van der Waals surface area contributed by atoms with Gasteiger partial charge in [-0.1, -0.05) is 66.7 Å². The summed E-state index contributed by atoms with van der Waals surface area (Å²) in [5, 5.41) is 0.594. The van der Waals surface area contributed by atoms with Crippen molar-refractivity contribution >= 4 is 33.0 Å². The van der Waals surface area contributed by atoms with Gasteiger partial charge in [0.25, 0.3) is 10.1 Å². The summed E-state index contributed by atoms with van der Waals surface area (Å²) in [7, 11) is -4.04. The quantitative estimate of drug-likeness (QED) is 0.481. The van der Waals surface area contributed by atoms with E-state index in [0.29, 0.717) is 5.02 Å². The molecule has 0 atom stereocenters. The van der Waals surface area contributed by atoms with Crippen molar-refractivity contribution in [2.75, 3.05) is 17.2 Å². The summed E-state index contributed by atoms with van der Waals surface area (Å²) in [5.74, 6) is -0.351. The van der Waals surface area contributed by atoms with E-state index in [1.165, 1.54) is 5.56 Å². The highest BCUT2D eigenvalue weighted by molar-refractivity contribution is 7.85. The van der Waals surface area contributed by atoms with Gasteiger partial charge in [-0.15, -0.1) is 0 Å². The van der Waals surface area contributed by atoms with Crippen molar-refractivity contribution in [3.05, 3.63) is 107 Å². The predicted octanol–water partition coefficient (Wildman–Crippen LogP) is 5.30. The molecule has 0 spiro atoms. The average Bonchev–Trinajstić information content (AvgIpc) is 2.70. The fourth-order valence-electron chi connectivity index (χ4n) is 3.11. The van der Waals surface area contributed by atoms with E-state index in [1.54, 1.807) is 11.0 Å². The van der Waals surface area contributed by atoms with E-state index in [1.807, 2.05) is 60.8 Å². The maximum atomic E-state index is 11.1. The molecule has 0 unspecified atom stereocenters. The van der Waals surface area contributed by atoms with Gasteiger partial charge >= 0.3 is 0 Å². The lowest BCUT2D eigenvalue weighted by atomic mass is 9.98. The Kier molecular flexibility index (Phi) is 6.75. The van der Waals surface area contributed by atoms with Crippen molar-refractivity contribution in [2.24, 2.45) is 0 Å². The number of benzene rings is 2. The van der Waals surface area contributed by atoms with Gasteiger partial charge in [-0.05, 0) is 47.4 Å². The van der Waals surface area contributed by atoms with Gasteiger partial charge in [0, 0.05) is 29.0 Å². The Morgan fingerprint density at radius 3 is 2.62 bits per heavy atom. The molecule has 0 radical (unpaired) electrons. The van der Waals surface area contributed by atoms with Gasteiger partial charge in [0.05, 0.1) is 5.75 Å². The zero-order valence-corrected chi connectivity index (χ0v) is 17.4. The first kappa shape index (κ1) is 21.1. The van der Waals surface area contributed by atoms with Crippen LogP contribution in [0.3, 0.4) is 0 Å². The normalized spacial score (nSPS) is 15.4. The third-order valence-electron chi connectivity index (χ3n) is 4.59. The van der Waals surface area contributed by atoms with E-state index < -0.39 is 10.1 Å². The molecule has 0 aromatic heterocycles. The van der Waals surface area contributed by atoms with Gasteiger partial charge < -0.3 is 4.90 Å². The molecule has 1 aliphatic rings. The first-order valence-corrected chi connectivity index (χ1v) is 11.1. The average molecular weight is 428 g/mol. The standard InChI is InChI=1S/C23H22ClNO3S/c1-2-18(16-19-6-4-3-5-7-19)8-9-20-12-13-25(14-15-29(26,27)28)23-11-10-21(24)17-22(20)23/h2-13,17H,1,14-16H2,(H,26,27,28)/b18-8-,20-9+. The molecule has 1 aliphatic heterocycles. The van der Waals surface area contributed by atoms with Crippen LogP contribution in [0.2, 0.25) is 5.02 Å². The second kappa shape index (κ2) is 9.27. The first-order chi connectivity index (χ1) is 13.9. The Morgan fingerprint density at radius 2 is 1.93 bits per heavy atom. The van der Waals surface area contributed by atoms with Gasteiger partial charge in [0.2, 0.25) is 0 Å². The predicted molar refractivity (Wildman–Crippen MR) is 121 cm³/mol. The SMILES string of the molecule is C=C/C(=C/C=C1\C=CN(CCS(=O)(=O)O)c2ccc(Cl)cc21)Cc1ccccc1. The Labute approximate surface area is 176 Å². The molecule has 4 nitrogen and oxygen atoms in total. The summed E-state index contributed by atoms with van der Waals surface area (Å²) in [6.07, 6.45) is 10.4. The molecular formula is C23H22ClNO3S. The molecule has 0 fully saturated rings. The van der Waals surface area contributed by atoms with Crippen molar-refractivity contribution < 1.29 is 13.0 Å². The van der Waals surface area contributed by atoms with Crippen LogP contribution in [0.25, 0.3) is 5.57 Å². The highest BCUT2D eigenvalue weighted by atomic mass is 35.5. The van der Waals surface area contributed by atoms with Crippen molar-refractivity contribution in [1.82, 2.24) is 0 Å². The van der Waals surface area contributed by atoms with Crippen LogP contribution in [0.4, 0.5) is 5.69 Å². The molecule has 1 heterocycles. The molecule has 29 heavy (non-hydrogen) atoms. The van der Waals surface area contributed by atoms with E-state index >= 15 is 0 Å². The van der Waals surface area contributed by atoms with Crippen LogP contribution in [0.15, 0.2) is 91.2 Å². The second-order valence-corrected chi connectivity index (χ2v) is 8.70. The Bertz CT molecular complexity index is 1090. The van der Waals surface area contributed by atoms with E-state index in [4.69, 9.17) is 16.2 Å². The zero-order chi connectivity index (χ0) is 20.9. The van der Waals surface area contributed by atoms with E-state index in [9.17, 15) is 8.42 Å². The topological polar surface area (TPSA) is 57.6 Å². The van der Waals surface area contributed by atoms with Gasteiger partial charge in [-0.2, -0.15) is 8.42 Å². The fraction of sp³-hybridized carbons (Fsp3) is 0.130. The smallest absolute Gasteiger partial charge is 0.266 e. The van der Waals surface area contributed by atoms with E-state index in [-0.39, 0.29) is 12.3 Å². The minimum absolute atomic E-state index is 0.152. The van der Waals surface area contributed by atoms with Crippen molar-refractivity contribution in [3.8, 4) is 0 Å². The minimum atomic E-state index is -4.04. The molecule has 0 amide bonds. The third-order valence-corrected chi connectivity index (χ3v) is 5.53. The van der Waals surface area contributed by atoms with Gasteiger partial charge in [-0.3, -0.25) is 4.55 Å². The molecule has 6 heteroatoms. The molecule has 150 valence electrons. The first-order valence-electron chi connectivity index (χ1n) is 9.13. The molecule has 0 bridgehead atoms. The molecule has 1 N–H and O–H groups in total. The third kappa shape index (κ3) is 5.94. The molecule has 0 aliphatic carbocycles. The lowest BCUT2D eigenvalue weighted by molar-refractivity contribution is 0.483. The van der Waals surface area contributed by atoms with Gasteiger partial charge in [0.1, 0.15) is 0 Å². The van der Waals surface area contributed by atoms with E-state index in [0.717, 1.165) is 28.8 Å². The van der Waals surface area contributed by atoms with Crippen LogP contribution in [-0.4, -0.2) is 25.3 Å². The maximum Gasteiger partial charge on any atom is 0.266 e. The molecule has 3 rings (SSSR count). The number of fused-ring (bicyclic) bond motifs is 1. The second-order valence-electron chi connectivity index (χ2n) is 6.69. The lowest BCUT2D eigenvalue weighted by Crippen LogP contribution is -2.26. The zero-order valence-electron chi connectivity index (χ0n) is 15.8. The summed E-state index contributed by atoms with van der Waals surface area (Å²) in [6, 6.07) is 15.6. The van der Waals surface area contributed by atoms with Gasteiger partial charge in [-0.25, -0.2) is 0 Å².